The summed E-state index contributed by atoms with van der Waals surface area (Å²) in [6.07, 6.45) is 0. The zero-order valence-electron chi connectivity index (χ0n) is 5.44. The number of nitrogens with zero attached hydrogens (tertiary/aromatic N) is 1. The second-order valence-corrected chi connectivity index (χ2v) is 6.04. The van der Waals surface area contributed by atoms with Gasteiger partial charge in [-0.05, 0) is 0 Å². The van der Waals surface area contributed by atoms with Crippen LogP contribution in [0.15, 0.2) is 21.4 Å². The van der Waals surface area contributed by atoms with Crippen LogP contribution in [-0.2, 0) is 0 Å². The monoisotopic (exact) mass is 335 g/mol. The van der Waals surface area contributed by atoms with Crippen molar-refractivity contribution in [1.82, 2.24) is 0 Å². The van der Waals surface area contributed by atoms with E-state index in [9.17, 15) is 0 Å². The Kier molecular flexibility index (Phi) is 2.25. The fourth-order valence-electron chi connectivity index (χ4n) is 0.975. The van der Waals surface area contributed by atoms with Gasteiger partial charge < -0.3 is 0 Å². The van der Waals surface area contributed by atoms with Crippen LogP contribution in [0.5, 0.6) is 0 Å². The van der Waals surface area contributed by atoms with E-state index in [2.05, 4.69) is 25.2 Å². The summed E-state index contributed by atoms with van der Waals surface area (Å²) in [7, 11) is 0. The molecule has 11 heavy (non-hydrogen) atoms. The quantitative estimate of drug-likeness (QED) is 0.641. The predicted molar refractivity (Wildman–Crippen MR) is 52.3 cm³/mol. The average molecular weight is 335 g/mol. The number of rotatable bonds is 0. The van der Waals surface area contributed by atoms with Crippen molar-refractivity contribution in [2.75, 3.05) is 0 Å². The second-order valence-electron chi connectivity index (χ2n) is 2.18. The minimum atomic E-state index is -0.740. The summed E-state index contributed by atoms with van der Waals surface area (Å²) in [6.45, 7) is 0. The Hall–Kier alpha value is 0.459. The van der Waals surface area contributed by atoms with Crippen LogP contribution in [0.4, 0.5) is 0 Å². The van der Waals surface area contributed by atoms with Crippen LogP contribution < -0.4 is 3.58 Å². The summed E-state index contributed by atoms with van der Waals surface area (Å²) in [5.41, 5.74) is 1.20. The number of halogens is 2. The van der Waals surface area contributed by atoms with E-state index in [1.54, 1.807) is 0 Å². The van der Waals surface area contributed by atoms with E-state index in [0.717, 1.165) is 9.64 Å². The molecule has 1 aliphatic rings. The maximum absolute atomic E-state index is 5.98. The van der Waals surface area contributed by atoms with Crippen LogP contribution in [0, 0.1) is 0 Å². The molecule has 2 radical (unpaired) electrons. The van der Waals surface area contributed by atoms with Gasteiger partial charge in [-0.25, -0.2) is 0 Å². The second kappa shape index (κ2) is 3.07. The zero-order chi connectivity index (χ0) is 7.84. The minimum absolute atomic E-state index is 0.740. The fraction of sp³-hybridized carbons (Fsp3) is 0. The first-order chi connectivity index (χ1) is 5.29. The number of fused-ring (bicyclic) bond motifs is 1. The van der Waals surface area contributed by atoms with Crippen molar-refractivity contribution in [3.05, 3.63) is 28.8 Å². The molecular formula is C7H3BrClNSn. The van der Waals surface area contributed by atoms with Crippen molar-refractivity contribution in [2.45, 2.75) is 0 Å². The van der Waals surface area contributed by atoms with E-state index in [4.69, 9.17) is 11.6 Å². The summed E-state index contributed by atoms with van der Waals surface area (Å²) in [5, 5.41) is 0.882. The maximum atomic E-state index is 5.98. The van der Waals surface area contributed by atoms with Crippen LogP contribution in [0.3, 0.4) is 0 Å². The summed E-state index contributed by atoms with van der Waals surface area (Å²) in [4.78, 5) is 0. The molecule has 0 atom stereocenters. The van der Waals surface area contributed by atoms with Crippen molar-refractivity contribution in [1.29, 1.82) is 0 Å². The molecule has 1 aromatic rings. The van der Waals surface area contributed by atoms with E-state index in [-0.39, 0.29) is 0 Å². The standard InChI is InChI=1S/C7H3BrClN.Sn/c8-7(10)5-2-1-3-6(9)4-5;/h1-3H;/q-1;+1. The molecule has 0 saturated heterocycles. The van der Waals surface area contributed by atoms with Crippen LogP contribution in [0.1, 0.15) is 5.56 Å². The Morgan fingerprint density at radius 1 is 1.45 bits per heavy atom. The molecule has 0 fully saturated rings. The third-order valence-corrected chi connectivity index (χ3v) is 6.94. The molecule has 0 saturated carbocycles. The van der Waals surface area contributed by atoms with Crippen molar-refractivity contribution in [3.8, 4) is 0 Å². The van der Waals surface area contributed by atoms with Gasteiger partial charge in [0.15, 0.2) is 0 Å². The molecule has 0 amide bonds. The number of hydrogen-bond donors (Lipinski definition) is 0. The molecule has 0 aromatic heterocycles. The Balaban J connectivity index is 2.64. The van der Waals surface area contributed by atoms with Crippen molar-refractivity contribution >= 4 is 57.1 Å². The molecule has 0 spiro atoms. The van der Waals surface area contributed by atoms with Gasteiger partial charge in [-0.1, -0.05) is 0 Å². The molecule has 1 aliphatic heterocycles. The molecule has 0 bridgehead atoms. The van der Waals surface area contributed by atoms with Crippen molar-refractivity contribution in [2.24, 2.45) is 3.21 Å². The van der Waals surface area contributed by atoms with Gasteiger partial charge in [-0.15, -0.1) is 0 Å². The van der Waals surface area contributed by atoms with E-state index < -0.39 is 21.4 Å². The molecule has 1 aromatic carbocycles. The molecule has 1 heterocycles. The first-order valence-corrected chi connectivity index (χ1v) is 6.94. The van der Waals surface area contributed by atoms with Gasteiger partial charge in [0, 0.05) is 0 Å². The molecule has 2 rings (SSSR count). The Labute approximate surface area is 88.6 Å². The van der Waals surface area contributed by atoms with Crippen LogP contribution >= 0.6 is 27.5 Å². The molecule has 54 valence electrons. The van der Waals surface area contributed by atoms with E-state index >= 15 is 0 Å². The third-order valence-electron chi connectivity index (χ3n) is 1.50. The van der Waals surface area contributed by atoms with Gasteiger partial charge in [-0.2, -0.15) is 0 Å². The molecule has 1 nitrogen and oxygen atoms in total. The van der Waals surface area contributed by atoms with Gasteiger partial charge in [0.1, 0.15) is 0 Å². The van der Waals surface area contributed by atoms with Crippen LogP contribution in [-0.4, -0.2) is 26.0 Å². The predicted octanol–water partition coefficient (Wildman–Crippen LogP) is 1.74. The Morgan fingerprint density at radius 3 is 3.00 bits per heavy atom. The Morgan fingerprint density at radius 2 is 2.27 bits per heavy atom. The third kappa shape index (κ3) is 1.36. The molecule has 0 aliphatic carbocycles. The van der Waals surface area contributed by atoms with Gasteiger partial charge in [0.25, 0.3) is 0 Å². The van der Waals surface area contributed by atoms with E-state index in [0.29, 0.717) is 0 Å². The normalized spacial score (nSPS) is 14.5. The molecule has 0 unspecified atom stereocenters. The first-order valence-electron chi connectivity index (χ1n) is 3.07. The average Bonchev–Trinajstić information content (AvgIpc) is 2.35. The number of benzene rings is 1. The molecule has 0 N–H and O–H groups in total. The Bertz CT molecular complexity index is 337. The van der Waals surface area contributed by atoms with E-state index in [1.165, 1.54) is 9.14 Å². The van der Waals surface area contributed by atoms with Gasteiger partial charge in [0.2, 0.25) is 0 Å². The molecular weight excluding hydrogens is 332 g/mol. The van der Waals surface area contributed by atoms with E-state index in [1.807, 2.05) is 12.1 Å². The SMILES string of the molecule is Clc1cccc2[c]1[Sn][N]=C2Br. The summed E-state index contributed by atoms with van der Waals surface area (Å²) in [5.74, 6) is 0. The first kappa shape index (κ1) is 8.08. The van der Waals surface area contributed by atoms with Crippen molar-refractivity contribution in [3.63, 3.8) is 0 Å². The molecule has 4 heteroatoms. The number of hydrogen-bond acceptors (Lipinski definition) is 1. The van der Waals surface area contributed by atoms with Crippen molar-refractivity contribution < 1.29 is 0 Å². The fourth-order valence-corrected chi connectivity index (χ4v) is 5.29. The zero-order valence-corrected chi connectivity index (χ0v) is 10.6. The van der Waals surface area contributed by atoms with Crippen LogP contribution in [0.25, 0.3) is 0 Å². The van der Waals surface area contributed by atoms with Gasteiger partial charge >= 0.3 is 89.1 Å². The van der Waals surface area contributed by atoms with Gasteiger partial charge in [-0.3, -0.25) is 0 Å². The van der Waals surface area contributed by atoms with Crippen LogP contribution in [0.2, 0.25) is 5.02 Å². The summed E-state index contributed by atoms with van der Waals surface area (Å²) >= 11 is 8.65. The topological polar surface area (TPSA) is 12.4 Å². The van der Waals surface area contributed by atoms with Gasteiger partial charge in [0.05, 0.1) is 0 Å². The summed E-state index contributed by atoms with van der Waals surface area (Å²) < 4.78 is 6.67. The summed E-state index contributed by atoms with van der Waals surface area (Å²) in [6, 6.07) is 5.95.